The fourth-order valence-corrected chi connectivity index (χ4v) is 5.33. The first-order valence-corrected chi connectivity index (χ1v) is 11.2. The van der Waals surface area contributed by atoms with E-state index < -0.39 is 0 Å². The van der Waals surface area contributed by atoms with Crippen LogP contribution in [-0.4, -0.2) is 53.5 Å². The number of rotatable bonds is 3. The number of anilines is 1. The third-order valence-electron chi connectivity index (χ3n) is 6.87. The molecule has 7 nitrogen and oxygen atoms in total. The number of hydrogen-bond acceptors (Lipinski definition) is 5. The zero-order valence-electron chi connectivity index (χ0n) is 18.4. The number of aromatic nitrogens is 3. The van der Waals surface area contributed by atoms with E-state index in [-0.39, 0.29) is 30.4 Å². The Kier molecular flexibility index (Phi) is 7.14. The van der Waals surface area contributed by atoms with Gasteiger partial charge in [-0.3, -0.25) is 9.36 Å². The molecule has 9 heteroatoms. The molecule has 2 fully saturated rings. The minimum Gasteiger partial charge on any atom is -0.378 e. The number of pyridine rings is 1. The summed E-state index contributed by atoms with van der Waals surface area (Å²) in [5.74, 6) is 1.66. The van der Waals surface area contributed by atoms with Crippen LogP contribution in [0.1, 0.15) is 18.0 Å². The number of imidazole rings is 1. The highest BCUT2D eigenvalue weighted by molar-refractivity contribution is 5.85. The van der Waals surface area contributed by atoms with E-state index in [0.717, 1.165) is 57.3 Å². The van der Waals surface area contributed by atoms with Gasteiger partial charge in [-0.05, 0) is 49.2 Å². The van der Waals surface area contributed by atoms with Crippen molar-refractivity contribution in [1.29, 1.82) is 0 Å². The van der Waals surface area contributed by atoms with Crippen LogP contribution in [0.2, 0.25) is 0 Å². The number of halogens is 2. The monoisotopic (exact) mass is 489 g/mol. The minimum atomic E-state index is 0. The number of nitrogens with one attached hydrogen (secondary N) is 1. The number of benzene rings is 1. The summed E-state index contributed by atoms with van der Waals surface area (Å²) in [4.78, 5) is 20.4. The highest BCUT2D eigenvalue weighted by Gasteiger charge is 2.31. The van der Waals surface area contributed by atoms with Crippen LogP contribution < -0.4 is 15.8 Å². The lowest BCUT2D eigenvalue weighted by Crippen LogP contribution is -2.45. The Balaban J connectivity index is 0.00000130. The number of fused-ring (bicyclic) bond motifs is 4. The molecule has 1 aromatic carbocycles. The summed E-state index contributed by atoms with van der Waals surface area (Å²) in [6.45, 7) is 6.04. The van der Waals surface area contributed by atoms with E-state index in [9.17, 15) is 4.79 Å². The Hall–Kier alpha value is -2.32. The van der Waals surface area contributed by atoms with Gasteiger partial charge in [0, 0.05) is 61.6 Å². The van der Waals surface area contributed by atoms with E-state index in [1.54, 1.807) is 6.20 Å². The molecule has 3 aliphatic rings. The van der Waals surface area contributed by atoms with Crippen molar-refractivity contribution in [1.82, 2.24) is 19.4 Å². The van der Waals surface area contributed by atoms with Crippen LogP contribution in [0, 0.1) is 5.92 Å². The highest BCUT2D eigenvalue weighted by Crippen LogP contribution is 2.33. The van der Waals surface area contributed by atoms with Crippen LogP contribution in [0.5, 0.6) is 0 Å². The van der Waals surface area contributed by atoms with Crippen LogP contribution in [0.4, 0.5) is 5.69 Å². The maximum absolute atomic E-state index is 13.5. The number of nitrogens with zero attached hydrogens (tertiary/aromatic N) is 4. The second-order valence-corrected chi connectivity index (χ2v) is 8.78. The molecule has 0 spiro atoms. The lowest BCUT2D eigenvalue weighted by Gasteiger charge is -2.37. The molecule has 2 aromatic heterocycles. The predicted octanol–water partition coefficient (Wildman–Crippen LogP) is 3.09. The molecular formula is C24H29Cl2N5O2. The Labute approximate surface area is 205 Å². The van der Waals surface area contributed by atoms with Gasteiger partial charge in [-0.15, -0.1) is 24.8 Å². The van der Waals surface area contributed by atoms with Gasteiger partial charge in [0.1, 0.15) is 5.82 Å². The standard InChI is InChI=1S/C24H27N5O2.2ClH/c30-24-21(4-5-22-18-12-17(14-25-15-18)16-29(22)24)23-26-6-7-28(23)20-3-1-2-19(13-20)27-8-10-31-11-9-27;;/h1-7,13,17-18,25H,8-12,14-16H2;2*1H/t17-,18+;;/m0../s1. The number of morpholine rings is 1. The molecule has 0 amide bonds. The number of piperidine rings is 1. The molecule has 0 unspecified atom stereocenters. The van der Waals surface area contributed by atoms with E-state index >= 15 is 0 Å². The fraction of sp³-hybridized carbons (Fsp3) is 0.417. The predicted molar refractivity (Wildman–Crippen MR) is 135 cm³/mol. The summed E-state index contributed by atoms with van der Waals surface area (Å²) in [6.07, 6.45) is 4.89. The van der Waals surface area contributed by atoms with Gasteiger partial charge in [-0.2, -0.15) is 0 Å². The SMILES string of the molecule is Cl.Cl.O=c1c(-c2nccn2-c2cccc(N3CCOCC3)c2)ccc2n1C[C@@H]1CNC[C@H]2C1. The van der Waals surface area contributed by atoms with Gasteiger partial charge in [0.2, 0.25) is 0 Å². The van der Waals surface area contributed by atoms with Crippen LogP contribution in [-0.2, 0) is 11.3 Å². The van der Waals surface area contributed by atoms with E-state index in [0.29, 0.717) is 23.2 Å². The quantitative estimate of drug-likeness (QED) is 0.612. The summed E-state index contributed by atoms with van der Waals surface area (Å²) in [7, 11) is 0. The Morgan fingerprint density at radius 2 is 1.85 bits per heavy atom. The highest BCUT2D eigenvalue weighted by atomic mass is 35.5. The van der Waals surface area contributed by atoms with Crippen molar-refractivity contribution in [2.75, 3.05) is 44.3 Å². The molecule has 33 heavy (non-hydrogen) atoms. The van der Waals surface area contributed by atoms with Crippen molar-refractivity contribution >= 4 is 30.5 Å². The first kappa shape index (κ1) is 23.8. The molecule has 2 atom stereocenters. The maximum Gasteiger partial charge on any atom is 0.261 e. The van der Waals surface area contributed by atoms with Crippen LogP contribution >= 0.6 is 24.8 Å². The lowest BCUT2D eigenvalue weighted by atomic mass is 9.84. The topological polar surface area (TPSA) is 64.3 Å². The van der Waals surface area contributed by atoms with E-state index in [2.05, 4.69) is 45.5 Å². The van der Waals surface area contributed by atoms with Gasteiger partial charge < -0.3 is 19.5 Å². The minimum absolute atomic E-state index is 0. The smallest absolute Gasteiger partial charge is 0.261 e. The van der Waals surface area contributed by atoms with Crippen LogP contribution in [0.25, 0.3) is 17.1 Å². The fourth-order valence-electron chi connectivity index (χ4n) is 5.33. The lowest BCUT2D eigenvalue weighted by molar-refractivity contribution is 0.122. The molecule has 6 rings (SSSR count). The van der Waals surface area contributed by atoms with Gasteiger partial charge in [-0.1, -0.05) is 6.07 Å². The Bertz CT molecular complexity index is 1170. The molecule has 0 radical (unpaired) electrons. The van der Waals surface area contributed by atoms with Crippen LogP contribution in [0.15, 0.2) is 53.6 Å². The van der Waals surface area contributed by atoms with Crippen molar-refractivity contribution in [3.05, 3.63) is 64.8 Å². The summed E-state index contributed by atoms with van der Waals surface area (Å²) >= 11 is 0. The summed E-state index contributed by atoms with van der Waals surface area (Å²) < 4.78 is 9.51. The average Bonchev–Trinajstić information content (AvgIpc) is 3.30. The van der Waals surface area contributed by atoms with E-state index in [1.807, 2.05) is 21.4 Å². The zero-order valence-corrected chi connectivity index (χ0v) is 20.0. The molecule has 1 N–H and O–H groups in total. The summed E-state index contributed by atoms with van der Waals surface area (Å²) in [5, 5.41) is 3.51. The van der Waals surface area contributed by atoms with Gasteiger partial charge in [0.25, 0.3) is 5.56 Å². The Morgan fingerprint density at radius 3 is 2.70 bits per heavy atom. The maximum atomic E-state index is 13.5. The third kappa shape index (κ3) is 4.30. The van der Waals surface area contributed by atoms with Gasteiger partial charge in [0.15, 0.2) is 0 Å². The van der Waals surface area contributed by atoms with Crippen molar-refractivity contribution in [2.24, 2.45) is 5.92 Å². The second-order valence-electron chi connectivity index (χ2n) is 8.78. The van der Waals surface area contributed by atoms with Crippen molar-refractivity contribution in [3.8, 4) is 17.1 Å². The second kappa shape index (κ2) is 9.89. The average molecular weight is 490 g/mol. The zero-order chi connectivity index (χ0) is 20.8. The third-order valence-corrected chi connectivity index (χ3v) is 6.87. The van der Waals surface area contributed by atoms with Crippen molar-refractivity contribution in [2.45, 2.75) is 18.9 Å². The largest absolute Gasteiger partial charge is 0.378 e. The molecule has 3 aliphatic heterocycles. The molecular weight excluding hydrogens is 461 g/mol. The van der Waals surface area contributed by atoms with Gasteiger partial charge in [-0.25, -0.2) is 4.98 Å². The molecule has 2 saturated heterocycles. The van der Waals surface area contributed by atoms with E-state index in [4.69, 9.17) is 4.74 Å². The normalized spacial score (nSPS) is 21.5. The summed E-state index contributed by atoms with van der Waals surface area (Å²) in [6, 6.07) is 12.5. The number of ether oxygens (including phenoxy) is 1. The van der Waals surface area contributed by atoms with Gasteiger partial charge >= 0.3 is 0 Å². The molecule has 3 aromatic rings. The van der Waals surface area contributed by atoms with Crippen molar-refractivity contribution < 1.29 is 4.74 Å². The molecule has 0 saturated carbocycles. The molecule has 5 heterocycles. The number of hydrogen-bond donors (Lipinski definition) is 1. The van der Waals surface area contributed by atoms with E-state index in [1.165, 1.54) is 12.1 Å². The summed E-state index contributed by atoms with van der Waals surface area (Å²) in [5.41, 5.74) is 4.08. The molecule has 2 bridgehead atoms. The van der Waals surface area contributed by atoms with Crippen LogP contribution in [0.3, 0.4) is 0 Å². The first-order chi connectivity index (χ1) is 15.3. The Morgan fingerprint density at radius 1 is 1.03 bits per heavy atom. The van der Waals surface area contributed by atoms with Gasteiger partial charge in [0.05, 0.1) is 18.8 Å². The van der Waals surface area contributed by atoms with Crippen molar-refractivity contribution in [3.63, 3.8) is 0 Å². The first-order valence-electron chi connectivity index (χ1n) is 11.2. The molecule has 0 aliphatic carbocycles. The molecule has 176 valence electrons.